The van der Waals surface area contributed by atoms with Crippen LogP contribution in [0.15, 0.2) is 23.2 Å². The molecule has 0 amide bonds. The molecular formula is C12H17BrN4S. The molecule has 0 aliphatic carbocycles. The number of thioether (sulfide) groups is 1. The summed E-state index contributed by atoms with van der Waals surface area (Å²) < 4.78 is 2.82. The molecule has 0 aliphatic heterocycles. The largest absolute Gasteiger partial charge is 0.353 e. The Bertz CT molecular complexity index is 528. The average molecular weight is 329 g/mol. The van der Waals surface area contributed by atoms with Crippen LogP contribution in [0.2, 0.25) is 0 Å². The van der Waals surface area contributed by atoms with Crippen LogP contribution in [0.5, 0.6) is 0 Å². The topological polar surface area (TPSA) is 33.4 Å². The molecule has 2 aromatic rings. The van der Waals surface area contributed by atoms with Crippen molar-refractivity contribution in [1.82, 2.24) is 14.4 Å². The summed E-state index contributed by atoms with van der Waals surface area (Å²) in [6.45, 7) is 2.21. The van der Waals surface area contributed by atoms with Crippen molar-refractivity contribution in [1.29, 1.82) is 0 Å². The molecule has 0 fully saturated rings. The normalized spacial score (nSPS) is 12.9. The SMILES string of the molecule is CCC(CSC)N(C)c1nc(Br)cn2ccnc12. The second-order valence-corrected chi connectivity index (χ2v) is 5.90. The van der Waals surface area contributed by atoms with E-state index < -0.39 is 0 Å². The van der Waals surface area contributed by atoms with Gasteiger partial charge in [-0.2, -0.15) is 11.8 Å². The van der Waals surface area contributed by atoms with Crippen LogP contribution in [0.1, 0.15) is 13.3 Å². The summed E-state index contributed by atoms with van der Waals surface area (Å²) in [5, 5.41) is 0. The quantitative estimate of drug-likeness (QED) is 0.844. The lowest BCUT2D eigenvalue weighted by Crippen LogP contribution is -2.34. The number of fused-ring (bicyclic) bond motifs is 1. The van der Waals surface area contributed by atoms with E-state index in [4.69, 9.17) is 0 Å². The minimum atomic E-state index is 0.474. The van der Waals surface area contributed by atoms with Gasteiger partial charge in [0, 0.05) is 37.4 Å². The molecule has 0 spiro atoms. The monoisotopic (exact) mass is 328 g/mol. The Morgan fingerprint density at radius 2 is 2.33 bits per heavy atom. The maximum absolute atomic E-state index is 4.57. The van der Waals surface area contributed by atoms with Crippen LogP contribution < -0.4 is 4.90 Å². The Balaban J connectivity index is 2.42. The van der Waals surface area contributed by atoms with Crippen molar-refractivity contribution in [2.75, 3.05) is 24.0 Å². The predicted octanol–water partition coefficient (Wildman–Crippen LogP) is 3.07. The Morgan fingerprint density at radius 1 is 1.56 bits per heavy atom. The zero-order valence-electron chi connectivity index (χ0n) is 10.8. The summed E-state index contributed by atoms with van der Waals surface area (Å²) >= 11 is 5.32. The molecule has 1 atom stereocenters. The fraction of sp³-hybridized carbons (Fsp3) is 0.500. The van der Waals surface area contributed by atoms with E-state index in [1.54, 1.807) is 6.20 Å². The zero-order valence-corrected chi connectivity index (χ0v) is 13.2. The Hall–Kier alpha value is -0.750. The van der Waals surface area contributed by atoms with E-state index in [-0.39, 0.29) is 0 Å². The maximum atomic E-state index is 4.57. The van der Waals surface area contributed by atoms with Crippen molar-refractivity contribution < 1.29 is 0 Å². The minimum Gasteiger partial charge on any atom is -0.353 e. The first-order chi connectivity index (χ1) is 8.67. The lowest BCUT2D eigenvalue weighted by Gasteiger charge is -2.28. The minimum absolute atomic E-state index is 0.474. The molecule has 2 aromatic heterocycles. The number of anilines is 1. The molecule has 0 saturated carbocycles. The van der Waals surface area contributed by atoms with Gasteiger partial charge in [-0.05, 0) is 28.6 Å². The highest BCUT2D eigenvalue weighted by atomic mass is 79.9. The van der Waals surface area contributed by atoms with Crippen molar-refractivity contribution >= 4 is 39.2 Å². The lowest BCUT2D eigenvalue weighted by atomic mass is 10.2. The molecular weight excluding hydrogens is 312 g/mol. The molecule has 98 valence electrons. The Morgan fingerprint density at radius 3 is 3.00 bits per heavy atom. The predicted molar refractivity (Wildman–Crippen MR) is 81.6 cm³/mol. The molecule has 0 saturated heterocycles. The molecule has 2 rings (SSSR count). The number of halogens is 1. The molecule has 2 heterocycles. The first-order valence-electron chi connectivity index (χ1n) is 5.88. The van der Waals surface area contributed by atoms with Gasteiger partial charge in [0.25, 0.3) is 0 Å². The molecule has 18 heavy (non-hydrogen) atoms. The summed E-state index contributed by atoms with van der Waals surface area (Å²) in [6, 6.07) is 0.474. The van der Waals surface area contributed by atoms with Gasteiger partial charge in [-0.1, -0.05) is 6.92 Å². The second kappa shape index (κ2) is 5.93. The van der Waals surface area contributed by atoms with Gasteiger partial charge >= 0.3 is 0 Å². The van der Waals surface area contributed by atoms with Crippen LogP contribution >= 0.6 is 27.7 Å². The van der Waals surface area contributed by atoms with Crippen LogP contribution in [0, 0.1) is 0 Å². The number of nitrogens with zero attached hydrogens (tertiary/aromatic N) is 4. The van der Waals surface area contributed by atoms with Crippen LogP contribution in [-0.4, -0.2) is 39.5 Å². The van der Waals surface area contributed by atoms with Crippen LogP contribution in [0.3, 0.4) is 0 Å². The molecule has 0 bridgehead atoms. The third kappa shape index (κ3) is 2.64. The first-order valence-corrected chi connectivity index (χ1v) is 8.07. The highest BCUT2D eigenvalue weighted by Gasteiger charge is 2.18. The summed E-state index contributed by atoms with van der Waals surface area (Å²) in [7, 11) is 2.09. The first kappa shape index (κ1) is 13.7. The standard InChI is InChI=1S/C12H17BrN4S/c1-4-9(8-18-3)16(2)12-11-14-5-6-17(11)7-10(13)15-12/h5-7,9H,4,8H2,1-3H3. The Labute approximate surface area is 120 Å². The van der Waals surface area contributed by atoms with E-state index in [2.05, 4.69) is 51.0 Å². The van der Waals surface area contributed by atoms with Crippen LogP contribution in [0.25, 0.3) is 5.65 Å². The van der Waals surface area contributed by atoms with E-state index in [9.17, 15) is 0 Å². The van der Waals surface area contributed by atoms with Crippen LogP contribution in [-0.2, 0) is 0 Å². The van der Waals surface area contributed by atoms with E-state index in [0.717, 1.165) is 28.2 Å². The summed E-state index contributed by atoms with van der Waals surface area (Å²) in [5.74, 6) is 2.02. The molecule has 1 unspecified atom stereocenters. The molecule has 4 nitrogen and oxygen atoms in total. The highest BCUT2D eigenvalue weighted by Crippen LogP contribution is 2.23. The third-order valence-electron chi connectivity index (χ3n) is 3.04. The van der Waals surface area contributed by atoms with Crippen molar-refractivity contribution in [3.8, 4) is 0 Å². The van der Waals surface area contributed by atoms with Gasteiger partial charge in [0.05, 0.1) is 0 Å². The number of hydrogen-bond donors (Lipinski definition) is 0. The van der Waals surface area contributed by atoms with Gasteiger partial charge in [-0.25, -0.2) is 9.97 Å². The molecule has 0 N–H and O–H groups in total. The zero-order chi connectivity index (χ0) is 13.1. The summed E-state index contributed by atoms with van der Waals surface area (Å²) in [5.41, 5.74) is 0.903. The van der Waals surface area contributed by atoms with Crippen molar-refractivity contribution in [3.63, 3.8) is 0 Å². The van der Waals surface area contributed by atoms with Gasteiger partial charge in [-0.15, -0.1) is 0 Å². The number of aromatic nitrogens is 3. The van der Waals surface area contributed by atoms with Gasteiger partial charge in [0.1, 0.15) is 4.60 Å². The number of hydrogen-bond acceptors (Lipinski definition) is 4. The fourth-order valence-corrected chi connectivity index (χ4v) is 3.22. The van der Waals surface area contributed by atoms with Gasteiger partial charge in [0.15, 0.2) is 11.5 Å². The summed E-state index contributed by atoms with van der Waals surface area (Å²) in [6.07, 6.45) is 8.90. The van der Waals surface area contributed by atoms with Crippen LogP contribution in [0.4, 0.5) is 5.82 Å². The average Bonchev–Trinajstić information content (AvgIpc) is 2.82. The van der Waals surface area contributed by atoms with Crippen molar-refractivity contribution in [3.05, 3.63) is 23.2 Å². The molecule has 0 radical (unpaired) electrons. The lowest BCUT2D eigenvalue weighted by molar-refractivity contribution is 0.665. The molecule has 0 aliphatic rings. The van der Waals surface area contributed by atoms with E-state index in [0.29, 0.717) is 6.04 Å². The van der Waals surface area contributed by atoms with E-state index in [1.807, 2.05) is 28.6 Å². The van der Waals surface area contributed by atoms with Gasteiger partial charge in [-0.3, -0.25) is 0 Å². The smallest absolute Gasteiger partial charge is 0.180 e. The van der Waals surface area contributed by atoms with Gasteiger partial charge in [0.2, 0.25) is 0 Å². The maximum Gasteiger partial charge on any atom is 0.180 e. The summed E-state index contributed by atoms with van der Waals surface area (Å²) in [4.78, 5) is 11.2. The Kier molecular flexibility index (Phi) is 4.50. The fourth-order valence-electron chi connectivity index (χ4n) is 1.99. The highest BCUT2D eigenvalue weighted by molar-refractivity contribution is 9.10. The van der Waals surface area contributed by atoms with E-state index >= 15 is 0 Å². The van der Waals surface area contributed by atoms with E-state index in [1.165, 1.54) is 0 Å². The molecule has 0 aromatic carbocycles. The van der Waals surface area contributed by atoms with Crippen molar-refractivity contribution in [2.45, 2.75) is 19.4 Å². The molecule has 6 heteroatoms. The number of rotatable bonds is 5. The second-order valence-electron chi connectivity index (χ2n) is 4.17. The number of imidazole rings is 1. The van der Waals surface area contributed by atoms with Crippen molar-refractivity contribution in [2.24, 2.45) is 0 Å². The van der Waals surface area contributed by atoms with Gasteiger partial charge < -0.3 is 9.30 Å². The third-order valence-corrected chi connectivity index (χ3v) is 4.14.